The number of carbonyl (C=O) groups is 4. The highest BCUT2D eigenvalue weighted by atomic mass is 17.2. The molecule has 0 aliphatic carbocycles. The van der Waals surface area contributed by atoms with Crippen molar-refractivity contribution in [1.29, 1.82) is 0 Å². The summed E-state index contributed by atoms with van der Waals surface area (Å²) in [7, 11) is 0. The lowest BCUT2D eigenvalue weighted by Gasteiger charge is -2.41. The van der Waals surface area contributed by atoms with Crippen LogP contribution in [-0.2, 0) is 141 Å². The van der Waals surface area contributed by atoms with E-state index in [2.05, 4.69) is 65.7 Å². The smallest absolute Gasteiger partial charge is 0.411 e. The molecule has 30 heteroatoms. The Morgan fingerprint density at radius 2 is 0.608 bits per heavy atom. The summed E-state index contributed by atoms with van der Waals surface area (Å²) in [5.41, 5.74) is 6.78. The number of benzene rings is 4. The fraction of sp³-hybridized carbons (Fsp3) is 0.695. The highest BCUT2D eigenvalue weighted by Gasteiger charge is 2.46. The van der Waals surface area contributed by atoms with Gasteiger partial charge in [-0.2, -0.15) is 4.89 Å². The summed E-state index contributed by atoms with van der Waals surface area (Å²) in [4.78, 5) is 99.3. The Hall–Kier alpha value is -6.73. The maximum Gasteiger partial charge on any atom is 0.411 e. The standard InChI is InChI=1S/C34H50O12.C27H34N2O6.C20H28O6.C14H26O4/c1-5-31(13-37-14-31)21-41-29(35)27-9-25(11-43-45-23-33(7-3)17-39-18-33)26(12-44-46-24-34(8-4)19-40-20-34)10-28(27)30(36)42-22-32(6-2)15-38-16-32;1-3-26(14-31-15-26)18-33-25(30)29-24-11-7-22(8-12-24)13-21-5-9-23(10-6-21)28-20-35-34-19-27(4-2)16-32-17-27;1-3-19(10-22-11-19)14-24-18(21)17-7-5-16(6-8-17)9-25-26-15-20(4-2)12-23-13-20;1-3-13(9-17-10-13)7-15-5-6-16-8-14(4-2)11-18-12-14/h9-10H,5-8,11-24H2,1-4H3;5-12,20H,3-4,13-19H2,1-2H3,(H,29,30);5-8H,3-4,9-15H2,1-2H3;3-12H2,1-2H3. The minimum absolute atomic E-state index is 0.00209. The normalized spacial score (nSPS) is 20.7. The zero-order valence-corrected chi connectivity index (χ0v) is 75.6. The van der Waals surface area contributed by atoms with E-state index in [4.69, 9.17) is 115 Å². The summed E-state index contributed by atoms with van der Waals surface area (Å²) in [5, 5.41) is 2.79. The number of aliphatic imine (C=N–C) groups is 1. The lowest BCUT2D eigenvalue weighted by molar-refractivity contribution is -0.339. The molecule has 14 rings (SSSR count). The highest BCUT2D eigenvalue weighted by molar-refractivity contribution is 6.03. The fourth-order valence-electron chi connectivity index (χ4n) is 14.5. The summed E-state index contributed by atoms with van der Waals surface area (Å²) < 4.78 is 86.9. The largest absolute Gasteiger partial charge is 0.461 e. The first-order valence-electron chi connectivity index (χ1n) is 45.0. The van der Waals surface area contributed by atoms with Crippen LogP contribution in [0.15, 0.2) is 89.9 Å². The maximum atomic E-state index is 13.6. The number of esters is 3. The number of rotatable bonds is 51. The first kappa shape index (κ1) is 98.9. The fourth-order valence-corrected chi connectivity index (χ4v) is 14.5. The van der Waals surface area contributed by atoms with Crippen molar-refractivity contribution >= 4 is 41.8 Å². The van der Waals surface area contributed by atoms with E-state index in [-0.39, 0.29) is 97.7 Å². The Balaban J connectivity index is 0.000000170. The second-order valence-electron chi connectivity index (χ2n) is 36.6. The molecule has 10 heterocycles. The molecule has 0 aromatic heterocycles. The van der Waals surface area contributed by atoms with Crippen molar-refractivity contribution in [2.45, 2.75) is 160 Å². The van der Waals surface area contributed by atoms with Crippen LogP contribution in [0.25, 0.3) is 0 Å². The number of anilines is 1. The second kappa shape index (κ2) is 47.7. The van der Waals surface area contributed by atoms with Gasteiger partial charge in [0.2, 0.25) is 6.40 Å². The van der Waals surface area contributed by atoms with E-state index in [1.807, 2.05) is 74.5 Å². The molecule has 1 N–H and O–H groups in total. The SMILES string of the molecule is CCC1(COCCOCC2(CC)COC2)COC1.CCC1(COOC=Nc2ccc(Cc3ccc(NC(=O)OCC4(CC)COC4)cc3)cc2)COC1.CCC1(COOCc2cc(C(=O)OCC3(CC)COC3)c(C(=O)OCC3(CC)COC3)cc2COOCC2(CC)COC2)COC1.CCC1(COOCc2ccc(C(=O)OCC3(CC)COC3)cc2)COC1. The van der Waals surface area contributed by atoms with Crippen LogP contribution in [0.3, 0.4) is 0 Å². The molecule has 1 amide bonds. The number of amides is 1. The van der Waals surface area contributed by atoms with Crippen LogP contribution in [0.5, 0.6) is 0 Å². The van der Waals surface area contributed by atoms with Gasteiger partial charge >= 0.3 is 24.0 Å². The first-order chi connectivity index (χ1) is 60.6. The van der Waals surface area contributed by atoms with E-state index in [1.54, 1.807) is 24.3 Å². The van der Waals surface area contributed by atoms with Gasteiger partial charge in [0.15, 0.2) is 0 Å². The van der Waals surface area contributed by atoms with Gasteiger partial charge < -0.3 is 80.7 Å². The number of nitrogens with one attached hydrogen (secondary N) is 1. The topological polar surface area (TPSA) is 314 Å². The van der Waals surface area contributed by atoms with Crippen LogP contribution >= 0.6 is 0 Å². The molecular weight excluding hydrogens is 1620 g/mol. The third-order valence-corrected chi connectivity index (χ3v) is 27.1. The van der Waals surface area contributed by atoms with Crippen molar-refractivity contribution < 1.29 is 134 Å². The van der Waals surface area contributed by atoms with Crippen LogP contribution in [0.1, 0.15) is 192 Å². The zero-order chi connectivity index (χ0) is 88.6. The minimum atomic E-state index is -0.624. The Bertz CT molecular complexity index is 3780. The second-order valence-corrected chi connectivity index (χ2v) is 36.6. The molecule has 125 heavy (non-hydrogen) atoms. The van der Waals surface area contributed by atoms with Crippen molar-refractivity contribution in [3.63, 3.8) is 0 Å². The molecule has 0 saturated carbocycles. The minimum Gasteiger partial charge on any atom is -0.461 e. The molecule has 0 spiro atoms. The average molecular weight is 1760 g/mol. The summed E-state index contributed by atoms with van der Waals surface area (Å²) in [5.74, 6) is -1.55. The van der Waals surface area contributed by atoms with Gasteiger partial charge in [0.1, 0.15) is 52.9 Å². The van der Waals surface area contributed by atoms with Gasteiger partial charge in [0.25, 0.3) is 0 Å². The lowest BCUT2D eigenvalue weighted by Crippen LogP contribution is -2.46. The van der Waals surface area contributed by atoms with Crippen LogP contribution in [0.2, 0.25) is 0 Å². The first-order valence-corrected chi connectivity index (χ1v) is 45.0. The molecule has 0 unspecified atom stereocenters. The van der Waals surface area contributed by atoms with E-state index in [0.29, 0.717) is 174 Å². The highest BCUT2D eigenvalue weighted by Crippen LogP contribution is 2.40. The molecule has 30 nitrogen and oxygen atoms in total. The molecule has 10 saturated heterocycles. The molecule has 10 aliphatic rings. The van der Waals surface area contributed by atoms with E-state index in [1.165, 1.54) is 6.40 Å². The van der Waals surface area contributed by atoms with Gasteiger partial charge in [-0.1, -0.05) is 106 Å². The monoisotopic (exact) mass is 1750 g/mol. The number of hydrogen-bond donors (Lipinski definition) is 1. The molecule has 4 aromatic carbocycles. The van der Waals surface area contributed by atoms with Crippen LogP contribution in [0, 0.1) is 54.1 Å². The zero-order valence-electron chi connectivity index (χ0n) is 75.6. The Labute approximate surface area is 737 Å². The van der Waals surface area contributed by atoms with Gasteiger partial charge in [-0.25, -0.2) is 53.5 Å². The summed E-state index contributed by atoms with van der Waals surface area (Å²) in [6.07, 6.45) is 11.2. The Morgan fingerprint density at radius 1 is 0.320 bits per heavy atom. The predicted molar refractivity (Wildman–Crippen MR) is 459 cm³/mol. The summed E-state index contributed by atoms with van der Waals surface area (Å²) in [6, 6.07) is 26.1. The number of carbonyl (C=O) groups excluding carboxylic acids is 4. The van der Waals surface area contributed by atoms with Crippen molar-refractivity contribution in [1.82, 2.24) is 0 Å². The number of nitrogens with zero attached hydrogens (tertiary/aromatic N) is 1. The molecule has 0 bridgehead atoms. The van der Waals surface area contributed by atoms with E-state index in [9.17, 15) is 19.2 Å². The van der Waals surface area contributed by atoms with Gasteiger partial charge in [0, 0.05) is 38.2 Å². The molecule has 4 aromatic rings. The molecular formula is C95H138N2O28. The van der Waals surface area contributed by atoms with Crippen LogP contribution in [0.4, 0.5) is 16.2 Å². The van der Waals surface area contributed by atoms with Crippen molar-refractivity contribution in [3.8, 4) is 0 Å². The third kappa shape index (κ3) is 27.7. The molecule has 0 radical (unpaired) electrons. The van der Waals surface area contributed by atoms with E-state index in [0.717, 1.165) is 146 Å². The Kier molecular flexibility index (Phi) is 37.7. The molecule has 0 atom stereocenters. The van der Waals surface area contributed by atoms with Gasteiger partial charge in [-0.3, -0.25) is 5.32 Å². The average Bonchev–Trinajstić information content (AvgIpc) is 0.790. The van der Waals surface area contributed by atoms with E-state index < -0.39 is 18.0 Å². The molecule has 10 aliphatic heterocycles. The number of hydrogen-bond acceptors (Lipinski definition) is 29. The maximum absolute atomic E-state index is 13.6. The van der Waals surface area contributed by atoms with Crippen LogP contribution < -0.4 is 5.32 Å². The van der Waals surface area contributed by atoms with Crippen molar-refractivity contribution in [3.05, 3.63) is 129 Å². The third-order valence-electron chi connectivity index (χ3n) is 27.1. The van der Waals surface area contributed by atoms with Crippen molar-refractivity contribution in [2.75, 3.05) is 217 Å². The predicted octanol–water partition coefficient (Wildman–Crippen LogP) is 14.9. The van der Waals surface area contributed by atoms with Gasteiger partial charge in [-0.15, -0.1) is 0 Å². The van der Waals surface area contributed by atoms with Gasteiger partial charge in [0.05, 0.1) is 222 Å². The van der Waals surface area contributed by atoms with E-state index >= 15 is 0 Å². The van der Waals surface area contributed by atoms with Gasteiger partial charge in [-0.05, 0) is 147 Å². The quantitative estimate of drug-likeness (QED) is 0.00816. The van der Waals surface area contributed by atoms with Crippen molar-refractivity contribution in [2.24, 2.45) is 59.1 Å². The summed E-state index contributed by atoms with van der Waals surface area (Å²) >= 11 is 0. The summed E-state index contributed by atoms with van der Waals surface area (Å²) in [6.45, 7) is 40.8. The molecule has 696 valence electrons. The number of ether oxygens (including phenoxy) is 16. The Morgan fingerprint density at radius 3 is 0.936 bits per heavy atom. The molecule has 10 fully saturated rings. The van der Waals surface area contributed by atoms with Crippen LogP contribution in [-0.4, -0.2) is 242 Å². The lowest BCUT2D eigenvalue weighted by atomic mass is 9.84.